The molecule has 0 N–H and O–H groups in total. The van der Waals surface area contributed by atoms with Crippen molar-refractivity contribution in [3.63, 3.8) is 0 Å². The number of ether oxygens (including phenoxy) is 1. The van der Waals surface area contributed by atoms with Gasteiger partial charge in [0, 0.05) is 23.9 Å². The Morgan fingerprint density at radius 2 is 1.90 bits per heavy atom. The fourth-order valence-electron chi connectivity index (χ4n) is 1.92. The third-order valence-electron chi connectivity index (χ3n) is 2.82. The highest BCUT2D eigenvalue weighted by molar-refractivity contribution is 5.83. The Kier molecular flexibility index (Phi) is 4.03. The van der Waals surface area contributed by atoms with Crippen molar-refractivity contribution in [2.24, 2.45) is 0 Å². The van der Waals surface area contributed by atoms with Crippen molar-refractivity contribution >= 4 is 16.9 Å². The third kappa shape index (κ3) is 3.15. The maximum absolute atomic E-state index is 11.4. The molecule has 0 atom stereocenters. The van der Waals surface area contributed by atoms with Crippen molar-refractivity contribution in [3.05, 3.63) is 51.9 Å². The first-order valence-electron chi connectivity index (χ1n) is 6.35. The SMILES string of the molecule is CC(=O)Oc1ccc2ccc(=O)oc2c1CC=C(C)C. The van der Waals surface area contributed by atoms with Gasteiger partial charge in [0.1, 0.15) is 11.3 Å². The van der Waals surface area contributed by atoms with Gasteiger partial charge in [0.15, 0.2) is 0 Å². The number of rotatable bonds is 3. The van der Waals surface area contributed by atoms with Crippen molar-refractivity contribution in [1.29, 1.82) is 0 Å². The molecule has 20 heavy (non-hydrogen) atoms. The average molecular weight is 272 g/mol. The summed E-state index contributed by atoms with van der Waals surface area (Å²) < 4.78 is 10.5. The molecule has 0 unspecified atom stereocenters. The Labute approximate surface area is 116 Å². The summed E-state index contributed by atoms with van der Waals surface area (Å²) in [5.41, 5.74) is 1.88. The van der Waals surface area contributed by atoms with E-state index in [0.29, 0.717) is 23.3 Å². The molecule has 4 nitrogen and oxygen atoms in total. The number of benzene rings is 1. The van der Waals surface area contributed by atoms with Crippen LogP contribution in [0.5, 0.6) is 5.75 Å². The molecule has 0 aliphatic carbocycles. The van der Waals surface area contributed by atoms with Gasteiger partial charge in [-0.2, -0.15) is 0 Å². The third-order valence-corrected chi connectivity index (χ3v) is 2.82. The van der Waals surface area contributed by atoms with Crippen LogP contribution >= 0.6 is 0 Å². The zero-order valence-corrected chi connectivity index (χ0v) is 11.7. The highest BCUT2D eigenvalue weighted by Crippen LogP contribution is 2.28. The zero-order valence-electron chi connectivity index (χ0n) is 11.7. The zero-order chi connectivity index (χ0) is 14.7. The number of carbonyl (C=O) groups is 1. The number of fused-ring (bicyclic) bond motifs is 1. The minimum Gasteiger partial charge on any atom is -0.426 e. The van der Waals surface area contributed by atoms with Crippen molar-refractivity contribution in [1.82, 2.24) is 0 Å². The largest absolute Gasteiger partial charge is 0.426 e. The molecule has 1 heterocycles. The smallest absolute Gasteiger partial charge is 0.336 e. The first-order valence-corrected chi connectivity index (χ1v) is 6.35. The minimum atomic E-state index is -0.420. The van der Waals surface area contributed by atoms with Crippen LogP contribution in [0.2, 0.25) is 0 Å². The quantitative estimate of drug-likeness (QED) is 0.372. The summed E-state index contributed by atoms with van der Waals surface area (Å²) in [5, 5.41) is 0.803. The van der Waals surface area contributed by atoms with E-state index in [0.717, 1.165) is 11.0 Å². The van der Waals surface area contributed by atoms with Gasteiger partial charge in [-0.15, -0.1) is 0 Å². The van der Waals surface area contributed by atoms with Crippen molar-refractivity contribution in [3.8, 4) is 5.75 Å². The molecule has 0 saturated heterocycles. The van der Waals surface area contributed by atoms with E-state index in [1.807, 2.05) is 19.9 Å². The van der Waals surface area contributed by atoms with Gasteiger partial charge < -0.3 is 9.15 Å². The Morgan fingerprint density at radius 3 is 2.55 bits per heavy atom. The van der Waals surface area contributed by atoms with Gasteiger partial charge in [0.05, 0.1) is 0 Å². The molecule has 0 aliphatic rings. The second-order valence-electron chi connectivity index (χ2n) is 4.79. The van der Waals surface area contributed by atoms with Gasteiger partial charge >= 0.3 is 11.6 Å². The molecule has 0 bridgehead atoms. The van der Waals surface area contributed by atoms with Crippen LogP contribution < -0.4 is 10.4 Å². The Morgan fingerprint density at radius 1 is 1.20 bits per heavy atom. The molecule has 0 saturated carbocycles. The summed E-state index contributed by atoms with van der Waals surface area (Å²) in [5.74, 6) is 0.0259. The fourth-order valence-corrected chi connectivity index (χ4v) is 1.92. The van der Waals surface area contributed by atoms with Crippen LogP contribution in [-0.2, 0) is 11.2 Å². The fraction of sp³-hybridized carbons (Fsp3) is 0.250. The molecule has 0 fully saturated rings. The van der Waals surface area contributed by atoms with Crippen LogP contribution in [0.3, 0.4) is 0 Å². The highest BCUT2D eigenvalue weighted by Gasteiger charge is 2.12. The predicted molar refractivity (Wildman–Crippen MR) is 76.9 cm³/mol. The summed E-state index contributed by atoms with van der Waals surface area (Å²) >= 11 is 0. The summed E-state index contributed by atoms with van der Waals surface area (Å²) in [6.45, 7) is 5.30. The molecule has 4 heteroatoms. The number of allylic oxidation sites excluding steroid dienone is 2. The maximum atomic E-state index is 11.4. The van der Waals surface area contributed by atoms with E-state index < -0.39 is 11.6 Å². The van der Waals surface area contributed by atoms with Crippen LogP contribution in [0.15, 0.2) is 45.1 Å². The lowest BCUT2D eigenvalue weighted by atomic mass is 10.1. The van der Waals surface area contributed by atoms with Gasteiger partial charge in [-0.25, -0.2) is 4.79 Å². The molecule has 0 spiro atoms. The first kappa shape index (κ1) is 14.1. The molecular weight excluding hydrogens is 256 g/mol. The van der Waals surface area contributed by atoms with E-state index in [-0.39, 0.29) is 0 Å². The lowest BCUT2D eigenvalue weighted by Crippen LogP contribution is -2.05. The first-order chi connectivity index (χ1) is 9.47. The van der Waals surface area contributed by atoms with Gasteiger partial charge in [-0.1, -0.05) is 11.6 Å². The Hall–Kier alpha value is -2.36. The van der Waals surface area contributed by atoms with Crippen LogP contribution in [0.25, 0.3) is 11.0 Å². The van der Waals surface area contributed by atoms with Crippen molar-refractivity contribution in [2.45, 2.75) is 27.2 Å². The standard InChI is InChI=1S/C16H16O4/c1-10(2)4-7-13-14(19-11(3)17)8-5-12-6-9-15(18)20-16(12)13/h4-6,8-9H,7H2,1-3H3. The van der Waals surface area contributed by atoms with E-state index in [4.69, 9.17) is 9.15 Å². The molecule has 0 aliphatic heterocycles. The van der Waals surface area contributed by atoms with E-state index in [2.05, 4.69) is 0 Å². The van der Waals surface area contributed by atoms with Crippen LogP contribution in [0.1, 0.15) is 26.3 Å². The Balaban J connectivity index is 2.66. The van der Waals surface area contributed by atoms with Crippen molar-refractivity contribution < 1.29 is 13.9 Å². The molecular formula is C16H16O4. The normalized spacial score (nSPS) is 10.3. The molecule has 104 valence electrons. The maximum Gasteiger partial charge on any atom is 0.336 e. The van der Waals surface area contributed by atoms with Crippen LogP contribution in [-0.4, -0.2) is 5.97 Å². The van der Waals surface area contributed by atoms with Gasteiger partial charge in [0.2, 0.25) is 0 Å². The van der Waals surface area contributed by atoms with E-state index in [1.54, 1.807) is 18.2 Å². The number of esters is 1. The summed E-state index contributed by atoms with van der Waals surface area (Å²) in [7, 11) is 0. The van der Waals surface area contributed by atoms with Gasteiger partial charge in [0.25, 0.3) is 0 Å². The van der Waals surface area contributed by atoms with Crippen LogP contribution in [0.4, 0.5) is 0 Å². The second-order valence-corrected chi connectivity index (χ2v) is 4.79. The number of hydrogen-bond donors (Lipinski definition) is 0. The van der Waals surface area contributed by atoms with Gasteiger partial charge in [-0.05, 0) is 38.5 Å². The molecule has 2 aromatic rings. The summed E-state index contributed by atoms with van der Waals surface area (Å²) in [4.78, 5) is 22.6. The summed E-state index contributed by atoms with van der Waals surface area (Å²) in [6, 6.07) is 6.56. The average Bonchev–Trinajstić information content (AvgIpc) is 2.36. The molecule has 1 aromatic carbocycles. The molecule has 2 rings (SSSR count). The lowest BCUT2D eigenvalue weighted by molar-refractivity contribution is -0.131. The molecule has 1 aromatic heterocycles. The predicted octanol–water partition coefficient (Wildman–Crippen LogP) is 3.23. The van der Waals surface area contributed by atoms with Crippen LogP contribution in [0, 0.1) is 0 Å². The minimum absolute atomic E-state index is 0.402. The lowest BCUT2D eigenvalue weighted by Gasteiger charge is -2.09. The Bertz CT molecular complexity index is 734. The van der Waals surface area contributed by atoms with Crippen molar-refractivity contribution in [2.75, 3.05) is 0 Å². The second kappa shape index (κ2) is 5.74. The van der Waals surface area contributed by atoms with E-state index >= 15 is 0 Å². The molecule has 0 amide bonds. The number of carbonyl (C=O) groups excluding carboxylic acids is 1. The van der Waals surface area contributed by atoms with E-state index in [9.17, 15) is 9.59 Å². The molecule has 0 radical (unpaired) electrons. The highest BCUT2D eigenvalue weighted by atomic mass is 16.5. The monoisotopic (exact) mass is 272 g/mol. The van der Waals surface area contributed by atoms with Gasteiger partial charge in [-0.3, -0.25) is 4.79 Å². The summed E-state index contributed by atoms with van der Waals surface area (Å²) in [6.07, 6.45) is 2.53. The van der Waals surface area contributed by atoms with E-state index in [1.165, 1.54) is 13.0 Å². The number of hydrogen-bond acceptors (Lipinski definition) is 4. The topological polar surface area (TPSA) is 56.5 Å².